The molecule has 9 atom stereocenters. The summed E-state index contributed by atoms with van der Waals surface area (Å²) in [5, 5.41) is 20.3. The van der Waals surface area contributed by atoms with Gasteiger partial charge in [0, 0.05) is 11.3 Å². The maximum atomic E-state index is 14.3. The van der Waals surface area contributed by atoms with Crippen molar-refractivity contribution in [3.8, 4) is 0 Å². The predicted octanol–water partition coefficient (Wildman–Crippen LogP) is 5.83. The smallest absolute Gasteiger partial charge is 0.249 e. The van der Waals surface area contributed by atoms with Crippen molar-refractivity contribution in [3.63, 3.8) is 0 Å². The van der Waals surface area contributed by atoms with Crippen molar-refractivity contribution in [1.82, 2.24) is 5.48 Å². The molecule has 0 aliphatic heterocycles. The van der Waals surface area contributed by atoms with Gasteiger partial charge < -0.3 is 5.11 Å². The Bertz CT molecular complexity index is 987. The van der Waals surface area contributed by atoms with Crippen LogP contribution in [0.2, 0.25) is 0 Å². The molecule has 3 unspecified atom stereocenters. The van der Waals surface area contributed by atoms with Crippen molar-refractivity contribution < 1.29 is 19.9 Å². The molecule has 0 radical (unpaired) electrons. The lowest BCUT2D eigenvalue weighted by atomic mass is 9.33. The Morgan fingerprint density at radius 3 is 2.26 bits per heavy atom. The number of amides is 1. The molecule has 5 nitrogen and oxygen atoms in total. The maximum absolute atomic E-state index is 14.3. The minimum atomic E-state index is -0.619. The minimum absolute atomic E-state index is 0.0330. The van der Waals surface area contributed by atoms with Gasteiger partial charge in [-0.05, 0) is 103 Å². The second-order valence-electron chi connectivity index (χ2n) is 15.1. The van der Waals surface area contributed by atoms with Crippen LogP contribution < -0.4 is 5.48 Å². The number of allylic oxidation sites excluding steroid dienone is 2. The van der Waals surface area contributed by atoms with Gasteiger partial charge >= 0.3 is 0 Å². The Labute approximate surface area is 211 Å². The summed E-state index contributed by atoms with van der Waals surface area (Å²) in [6.45, 7) is 15.9. The van der Waals surface area contributed by atoms with Crippen LogP contribution in [0.5, 0.6) is 0 Å². The van der Waals surface area contributed by atoms with Gasteiger partial charge in [0.25, 0.3) is 0 Å². The normalized spacial score (nSPS) is 52.8. The van der Waals surface area contributed by atoms with Crippen molar-refractivity contribution in [1.29, 1.82) is 0 Å². The maximum Gasteiger partial charge on any atom is 0.249 e. The van der Waals surface area contributed by atoms with E-state index in [2.05, 4.69) is 41.5 Å². The van der Waals surface area contributed by atoms with Crippen LogP contribution in [0.1, 0.15) is 106 Å². The number of hydroxylamine groups is 1. The molecule has 5 aliphatic rings. The van der Waals surface area contributed by atoms with Crippen LogP contribution in [-0.4, -0.2) is 28.1 Å². The number of carbonyl (C=O) groups excluding carboxylic acids is 2. The van der Waals surface area contributed by atoms with Gasteiger partial charge in [-0.25, -0.2) is 5.48 Å². The number of ketones is 1. The summed E-state index contributed by atoms with van der Waals surface area (Å²) in [6, 6.07) is 0. The van der Waals surface area contributed by atoms with E-state index in [-0.39, 0.29) is 56.7 Å². The molecule has 5 aliphatic carbocycles. The van der Waals surface area contributed by atoms with Crippen molar-refractivity contribution >= 4 is 11.7 Å². The highest BCUT2D eigenvalue weighted by Crippen LogP contribution is 2.75. The highest BCUT2D eigenvalue weighted by molar-refractivity contribution is 5.95. The van der Waals surface area contributed by atoms with Crippen LogP contribution in [0, 0.1) is 50.2 Å². The third-order valence-corrected chi connectivity index (χ3v) is 13.2. The number of fused-ring (bicyclic) bond motifs is 7. The molecule has 4 saturated carbocycles. The second kappa shape index (κ2) is 7.43. The summed E-state index contributed by atoms with van der Waals surface area (Å²) in [5.74, 6) is 0.458. The molecule has 196 valence electrons. The number of aliphatic hydroxyl groups excluding tert-OH is 1. The molecule has 0 saturated heterocycles. The molecule has 0 spiro atoms. The molecule has 0 aromatic heterocycles. The number of rotatable bonds is 1. The van der Waals surface area contributed by atoms with Crippen LogP contribution in [-0.2, 0) is 9.59 Å². The summed E-state index contributed by atoms with van der Waals surface area (Å²) in [6.07, 6.45) is 10.0. The zero-order valence-corrected chi connectivity index (χ0v) is 23.0. The molecule has 0 heterocycles. The quantitative estimate of drug-likeness (QED) is 0.322. The van der Waals surface area contributed by atoms with E-state index in [0.717, 1.165) is 51.4 Å². The van der Waals surface area contributed by atoms with E-state index in [1.165, 1.54) is 5.57 Å². The average Bonchev–Trinajstić information content (AvgIpc) is 2.78. The fraction of sp³-hybridized carbons (Fsp3) is 0.867. The molecule has 0 bridgehead atoms. The third-order valence-electron chi connectivity index (χ3n) is 13.2. The highest BCUT2D eigenvalue weighted by Gasteiger charge is 2.70. The summed E-state index contributed by atoms with van der Waals surface area (Å²) in [7, 11) is 0. The van der Waals surface area contributed by atoms with Crippen LogP contribution >= 0.6 is 0 Å². The first-order chi connectivity index (χ1) is 16.1. The van der Waals surface area contributed by atoms with Gasteiger partial charge in [-0.15, -0.1) is 0 Å². The second-order valence-corrected chi connectivity index (χ2v) is 15.1. The monoisotopic (exact) mass is 485 g/mol. The van der Waals surface area contributed by atoms with E-state index in [1.807, 2.05) is 18.5 Å². The molecule has 5 heteroatoms. The lowest BCUT2D eigenvalue weighted by Crippen LogP contribution is -2.66. The van der Waals surface area contributed by atoms with Gasteiger partial charge in [-0.2, -0.15) is 0 Å². The van der Waals surface area contributed by atoms with E-state index in [0.29, 0.717) is 12.3 Å². The molecular weight excluding hydrogens is 438 g/mol. The number of carbonyl (C=O) groups is 2. The van der Waals surface area contributed by atoms with Crippen LogP contribution in [0.4, 0.5) is 0 Å². The Morgan fingerprint density at radius 2 is 1.60 bits per heavy atom. The Hall–Kier alpha value is -1.20. The summed E-state index contributed by atoms with van der Waals surface area (Å²) < 4.78 is 0. The molecule has 3 N–H and O–H groups in total. The van der Waals surface area contributed by atoms with Gasteiger partial charge in [-0.3, -0.25) is 14.8 Å². The largest absolute Gasteiger partial charge is 0.393 e. The molecule has 5 rings (SSSR count). The van der Waals surface area contributed by atoms with E-state index >= 15 is 0 Å². The van der Waals surface area contributed by atoms with Gasteiger partial charge in [0.05, 0.1) is 6.10 Å². The van der Waals surface area contributed by atoms with Crippen molar-refractivity contribution in [2.75, 3.05) is 0 Å². The molecule has 35 heavy (non-hydrogen) atoms. The molecule has 1 amide bonds. The Kier molecular flexibility index (Phi) is 5.40. The molecule has 0 aromatic carbocycles. The topological polar surface area (TPSA) is 86.6 Å². The van der Waals surface area contributed by atoms with Gasteiger partial charge in [-0.1, -0.05) is 54.0 Å². The number of hydrogen-bond acceptors (Lipinski definition) is 4. The van der Waals surface area contributed by atoms with Crippen LogP contribution in [0.25, 0.3) is 0 Å². The van der Waals surface area contributed by atoms with E-state index in [9.17, 15) is 19.9 Å². The van der Waals surface area contributed by atoms with Crippen molar-refractivity contribution in [3.05, 3.63) is 11.6 Å². The minimum Gasteiger partial charge on any atom is -0.393 e. The van der Waals surface area contributed by atoms with E-state index < -0.39 is 5.41 Å². The summed E-state index contributed by atoms with van der Waals surface area (Å²) in [4.78, 5) is 26.9. The number of nitrogens with one attached hydrogen (secondary N) is 1. The highest BCUT2D eigenvalue weighted by atomic mass is 16.5. The van der Waals surface area contributed by atoms with Crippen LogP contribution in [0.3, 0.4) is 0 Å². The fourth-order valence-corrected chi connectivity index (χ4v) is 10.5. The molecule has 0 aromatic rings. The predicted molar refractivity (Wildman–Crippen MR) is 135 cm³/mol. The summed E-state index contributed by atoms with van der Waals surface area (Å²) in [5.41, 5.74) is 2.16. The third kappa shape index (κ3) is 3.06. The average molecular weight is 486 g/mol. The van der Waals surface area contributed by atoms with Crippen molar-refractivity contribution in [2.45, 2.75) is 112 Å². The lowest BCUT2D eigenvalue weighted by molar-refractivity contribution is -0.202. The first kappa shape index (κ1) is 25.4. The Morgan fingerprint density at radius 1 is 0.943 bits per heavy atom. The fourth-order valence-electron chi connectivity index (χ4n) is 10.5. The number of hydrogen-bond donors (Lipinski definition) is 3. The summed E-state index contributed by atoms with van der Waals surface area (Å²) >= 11 is 0. The lowest BCUT2D eigenvalue weighted by Gasteiger charge is -2.70. The van der Waals surface area contributed by atoms with E-state index in [4.69, 9.17) is 0 Å². The molecular formula is C30H47NO4. The first-order valence-electron chi connectivity index (χ1n) is 14.0. The van der Waals surface area contributed by atoms with Gasteiger partial charge in [0.15, 0.2) is 5.78 Å². The van der Waals surface area contributed by atoms with E-state index in [1.54, 1.807) is 0 Å². The zero-order valence-electron chi connectivity index (χ0n) is 23.0. The van der Waals surface area contributed by atoms with Crippen molar-refractivity contribution in [2.24, 2.45) is 50.2 Å². The Balaban J connectivity index is 1.61. The van der Waals surface area contributed by atoms with Gasteiger partial charge in [0.2, 0.25) is 5.91 Å². The van der Waals surface area contributed by atoms with Crippen LogP contribution in [0.15, 0.2) is 11.6 Å². The number of aliphatic hydroxyl groups is 1. The van der Waals surface area contributed by atoms with Gasteiger partial charge in [0.1, 0.15) is 0 Å². The standard InChI is InChI=1S/C30H47NO4/c1-25(2)21-8-11-30(7)23(28(21,5)10-9-22(25)33)20(32)16-18-19-17-27(4,24(34)31-35)13-12-26(19,3)14-15-29(18,30)6/h16,19,21-23,33,35H,8-15,17H2,1-7H3,(H,31,34)/t19?,21?,22-,23?,26+,27-,28-,29+,30+/m0/s1. The zero-order chi connectivity index (χ0) is 25.8. The first-order valence-corrected chi connectivity index (χ1v) is 14.0. The molecule has 4 fully saturated rings. The SMILES string of the molecule is CC1(C)C2CC[C@]3(C)C(C(=O)C=C4C5C[C@@](C)(C(=O)NO)CC[C@]5(C)CC[C@]43C)[C@@]2(C)CC[C@@H]1O.